The number of hydrogen-bond donors (Lipinski definition) is 0. The fourth-order valence-electron chi connectivity index (χ4n) is 5.46. The van der Waals surface area contributed by atoms with Crippen LogP contribution in [0.15, 0.2) is 23.0 Å². The lowest BCUT2D eigenvalue weighted by molar-refractivity contribution is -0.158. The van der Waals surface area contributed by atoms with Crippen molar-refractivity contribution in [2.45, 2.75) is 129 Å². The van der Waals surface area contributed by atoms with Crippen LogP contribution in [0.1, 0.15) is 43.5 Å². The smallest absolute Gasteiger partial charge is 0.184 e. The number of rotatable bonds is 15. The second-order valence-corrected chi connectivity index (χ2v) is 27.9. The lowest BCUT2D eigenvalue weighted by Crippen LogP contribution is -2.58. The van der Waals surface area contributed by atoms with E-state index in [1.54, 1.807) is 6.07 Å². The second-order valence-electron chi connectivity index (χ2n) is 14.5. The van der Waals surface area contributed by atoms with E-state index in [0.29, 0.717) is 12.2 Å². The molecule has 0 aliphatic carbocycles. The minimum absolute atomic E-state index is 0.0821. The van der Waals surface area contributed by atoms with Crippen molar-refractivity contribution in [3.8, 4) is 0 Å². The Morgan fingerprint density at radius 1 is 0.925 bits per heavy atom. The molecule has 0 aromatic carbocycles. The van der Waals surface area contributed by atoms with E-state index in [0.717, 1.165) is 6.42 Å². The number of furan rings is 1. The molecule has 0 N–H and O–H groups in total. The number of epoxide rings is 1. The maximum absolute atomic E-state index is 13.1. The standard InChI is InChI=1S/C29H52O8Si3/c1-19(20(2)35-38(3,4)5)27-26(34-27)16-25-29(37-40(9,10)11)28(36-39(6,7)8)22(18-33-25)14-23(30)15-24(31)21-12-13-32-17-21/h12-13,17,19-20,22,25-29H,14-16,18H2,1-11H3/t19-,20+,22+,25+,26+,27+,28-,29-/m1/s1. The third kappa shape index (κ3) is 10.4. The summed E-state index contributed by atoms with van der Waals surface area (Å²) in [4.78, 5) is 25.6. The normalized spacial score (nSPS) is 29.2. The van der Waals surface area contributed by atoms with Crippen molar-refractivity contribution in [1.29, 1.82) is 0 Å². The summed E-state index contributed by atoms with van der Waals surface area (Å²) in [5, 5.41) is 0. The zero-order valence-corrected chi connectivity index (χ0v) is 29.4. The molecule has 0 bridgehead atoms. The van der Waals surface area contributed by atoms with E-state index in [1.807, 2.05) is 0 Å². The van der Waals surface area contributed by atoms with Gasteiger partial charge in [-0.25, -0.2) is 0 Å². The van der Waals surface area contributed by atoms with Gasteiger partial charge < -0.3 is 27.2 Å². The van der Waals surface area contributed by atoms with E-state index >= 15 is 0 Å². The number of Topliss-reactive ketones (excluding diaryl/α,β-unsaturated/α-hetero) is 2. The van der Waals surface area contributed by atoms with Gasteiger partial charge in [-0.3, -0.25) is 9.59 Å². The lowest BCUT2D eigenvalue weighted by atomic mass is 9.85. The second kappa shape index (κ2) is 13.2. The van der Waals surface area contributed by atoms with Crippen molar-refractivity contribution >= 4 is 36.5 Å². The quantitative estimate of drug-likeness (QED) is 0.0985. The maximum atomic E-state index is 13.1. The molecule has 3 heterocycles. The summed E-state index contributed by atoms with van der Waals surface area (Å²) in [6.45, 7) is 24.4. The van der Waals surface area contributed by atoms with Crippen LogP contribution in [0.5, 0.6) is 0 Å². The van der Waals surface area contributed by atoms with Gasteiger partial charge in [0.05, 0.1) is 55.4 Å². The number of ether oxygens (including phenoxy) is 2. The van der Waals surface area contributed by atoms with Crippen LogP contribution in [0.3, 0.4) is 0 Å². The average Bonchev–Trinajstić information content (AvgIpc) is 3.31. The number of carbonyl (C=O) groups is 2. The van der Waals surface area contributed by atoms with Crippen LogP contribution < -0.4 is 0 Å². The van der Waals surface area contributed by atoms with Crippen LogP contribution in [-0.2, 0) is 27.5 Å². The van der Waals surface area contributed by atoms with E-state index in [1.165, 1.54) is 12.5 Å². The van der Waals surface area contributed by atoms with Gasteiger partial charge >= 0.3 is 0 Å². The molecule has 228 valence electrons. The Morgan fingerprint density at radius 2 is 1.55 bits per heavy atom. The summed E-state index contributed by atoms with van der Waals surface area (Å²) < 4.78 is 37.6. The first-order valence-electron chi connectivity index (χ1n) is 14.7. The van der Waals surface area contributed by atoms with Crippen molar-refractivity contribution in [1.82, 2.24) is 0 Å². The molecule has 2 fully saturated rings. The Balaban J connectivity index is 1.73. The van der Waals surface area contributed by atoms with Gasteiger partial charge in [0, 0.05) is 30.8 Å². The number of carbonyl (C=O) groups excluding carboxylic acids is 2. The molecule has 0 spiro atoms. The first-order chi connectivity index (χ1) is 18.3. The SMILES string of the molecule is C[C@@H]([C@@H]1O[C@H]1C[C@@H]1OC[C@H](CC(=O)CC(=O)c2ccoc2)[C@@H](O[Si](C)(C)C)[C@@H]1O[Si](C)(C)C)[C@H](C)O[Si](C)(C)C. The van der Waals surface area contributed by atoms with E-state index in [2.05, 4.69) is 72.8 Å². The lowest BCUT2D eigenvalue weighted by Gasteiger charge is -2.47. The minimum atomic E-state index is -2.01. The molecule has 2 aliphatic rings. The highest BCUT2D eigenvalue weighted by Crippen LogP contribution is 2.40. The Hall–Kier alpha value is -0.929. The van der Waals surface area contributed by atoms with E-state index < -0.39 is 25.0 Å². The van der Waals surface area contributed by atoms with Crippen LogP contribution in [0.2, 0.25) is 58.9 Å². The highest BCUT2D eigenvalue weighted by atomic mass is 28.4. The topological polar surface area (TPSA) is 96.7 Å². The maximum Gasteiger partial charge on any atom is 0.184 e. The molecule has 3 rings (SSSR count). The highest BCUT2D eigenvalue weighted by molar-refractivity contribution is 6.70. The molecule has 8 atom stereocenters. The molecule has 2 saturated heterocycles. The summed E-state index contributed by atoms with van der Waals surface area (Å²) in [7, 11) is -5.65. The summed E-state index contributed by atoms with van der Waals surface area (Å²) in [6, 6.07) is 1.59. The molecule has 0 unspecified atom stereocenters. The van der Waals surface area contributed by atoms with Crippen molar-refractivity contribution in [3.05, 3.63) is 24.2 Å². The first kappa shape index (κ1) is 33.6. The van der Waals surface area contributed by atoms with Crippen molar-refractivity contribution < 1.29 is 36.8 Å². The summed E-state index contributed by atoms with van der Waals surface area (Å²) >= 11 is 0. The summed E-state index contributed by atoms with van der Waals surface area (Å²) in [6.07, 6.45) is 3.16. The molecule has 1 aromatic heterocycles. The van der Waals surface area contributed by atoms with Crippen LogP contribution >= 0.6 is 0 Å². The largest absolute Gasteiger partial charge is 0.472 e. The van der Waals surface area contributed by atoms with Gasteiger partial charge in [-0.15, -0.1) is 0 Å². The third-order valence-corrected chi connectivity index (χ3v) is 10.3. The van der Waals surface area contributed by atoms with Crippen LogP contribution in [-0.4, -0.2) is 79.7 Å². The Morgan fingerprint density at radius 3 is 2.10 bits per heavy atom. The predicted molar refractivity (Wildman–Crippen MR) is 163 cm³/mol. The van der Waals surface area contributed by atoms with E-state index in [4.69, 9.17) is 27.2 Å². The van der Waals surface area contributed by atoms with Gasteiger partial charge in [0.15, 0.2) is 30.7 Å². The van der Waals surface area contributed by atoms with E-state index in [9.17, 15) is 9.59 Å². The summed E-state index contributed by atoms with van der Waals surface area (Å²) in [5.41, 5.74) is 0.418. The Kier molecular flexibility index (Phi) is 11.0. The molecule has 11 heteroatoms. The van der Waals surface area contributed by atoms with Gasteiger partial charge in [-0.2, -0.15) is 0 Å². The molecule has 2 aliphatic heterocycles. The molecule has 0 saturated carbocycles. The van der Waals surface area contributed by atoms with Gasteiger partial charge in [0.2, 0.25) is 0 Å². The fourth-order valence-corrected chi connectivity index (χ4v) is 9.03. The van der Waals surface area contributed by atoms with Gasteiger partial charge in [-0.05, 0) is 71.9 Å². The fraction of sp³-hybridized carbons (Fsp3) is 0.793. The zero-order chi connectivity index (χ0) is 30.0. The Labute approximate surface area is 244 Å². The number of ketones is 2. The molecular formula is C29H52O8Si3. The van der Waals surface area contributed by atoms with Crippen LogP contribution in [0.4, 0.5) is 0 Å². The van der Waals surface area contributed by atoms with E-state index in [-0.39, 0.29) is 72.9 Å². The minimum Gasteiger partial charge on any atom is -0.472 e. The van der Waals surface area contributed by atoms with Crippen molar-refractivity contribution in [3.63, 3.8) is 0 Å². The molecular weight excluding hydrogens is 561 g/mol. The first-order valence-corrected chi connectivity index (χ1v) is 24.9. The highest BCUT2D eigenvalue weighted by Gasteiger charge is 2.51. The van der Waals surface area contributed by atoms with Crippen molar-refractivity contribution in [2.24, 2.45) is 11.8 Å². The third-order valence-electron chi connectivity index (χ3n) is 7.23. The van der Waals surface area contributed by atoms with Crippen molar-refractivity contribution in [2.75, 3.05) is 6.61 Å². The van der Waals surface area contributed by atoms with Crippen LogP contribution in [0.25, 0.3) is 0 Å². The van der Waals surface area contributed by atoms with Crippen LogP contribution in [0, 0.1) is 11.8 Å². The Bertz CT molecular complexity index is 979. The van der Waals surface area contributed by atoms with Gasteiger partial charge in [0.1, 0.15) is 12.0 Å². The monoisotopic (exact) mass is 612 g/mol. The number of hydrogen-bond acceptors (Lipinski definition) is 8. The summed E-state index contributed by atoms with van der Waals surface area (Å²) in [5.74, 6) is -0.257. The average molecular weight is 613 g/mol. The molecule has 0 amide bonds. The predicted octanol–water partition coefficient (Wildman–Crippen LogP) is 6.30. The molecule has 40 heavy (non-hydrogen) atoms. The zero-order valence-electron chi connectivity index (χ0n) is 26.4. The molecule has 0 radical (unpaired) electrons. The van der Waals surface area contributed by atoms with Gasteiger partial charge in [0.25, 0.3) is 0 Å². The van der Waals surface area contributed by atoms with Gasteiger partial charge in [-0.1, -0.05) is 6.92 Å². The molecule has 1 aromatic rings. The molecule has 8 nitrogen and oxygen atoms in total.